The molecule has 0 atom stereocenters. The third kappa shape index (κ3) is 13.7. The Morgan fingerprint density at radius 2 is 0.818 bits per heavy atom. The number of rotatable bonds is 18. The van der Waals surface area contributed by atoms with Crippen molar-refractivity contribution in [3.8, 4) is 0 Å². The molecule has 0 N–H and O–H groups in total. The van der Waals surface area contributed by atoms with E-state index in [2.05, 4.69) is 26.3 Å². The lowest BCUT2D eigenvalue weighted by molar-refractivity contribution is -0.148. The third-order valence-corrected chi connectivity index (χ3v) is 4.62. The Kier molecular flexibility index (Phi) is 14.1. The molecule has 0 rings (SSSR count). The Bertz CT molecular complexity index is 615. The van der Waals surface area contributed by atoms with Gasteiger partial charge in [0.25, 0.3) is 0 Å². The van der Waals surface area contributed by atoms with Crippen LogP contribution in [0, 0.1) is 10.8 Å². The van der Waals surface area contributed by atoms with Crippen molar-refractivity contribution in [1.82, 2.24) is 0 Å². The average Bonchev–Trinajstić information content (AvgIpc) is 2.82. The van der Waals surface area contributed by atoms with Gasteiger partial charge in [-0.25, -0.2) is 19.2 Å². The first-order valence-electron chi connectivity index (χ1n) is 10.3. The Hall–Kier alpha value is -3.20. The molecule has 0 saturated heterocycles. The van der Waals surface area contributed by atoms with Crippen LogP contribution >= 0.6 is 0 Å². The van der Waals surface area contributed by atoms with Gasteiger partial charge in [0.15, 0.2) is 0 Å². The molecule has 0 bridgehead atoms. The first kappa shape index (κ1) is 29.8. The van der Waals surface area contributed by atoms with Crippen molar-refractivity contribution >= 4 is 23.9 Å². The molecule has 9 nitrogen and oxygen atoms in total. The number of carbonyl (C=O) groups is 4. The summed E-state index contributed by atoms with van der Waals surface area (Å²) in [5.74, 6) is -2.35. The van der Waals surface area contributed by atoms with Crippen LogP contribution in [0.25, 0.3) is 0 Å². The van der Waals surface area contributed by atoms with E-state index < -0.39 is 34.7 Å². The first-order chi connectivity index (χ1) is 15.5. The van der Waals surface area contributed by atoms with E-state index in [-0.39, 0.29) is 39.6 Å². The molecular weight excluding hydrogens is 432 g/mol. The van der Waals surface area contributed by atoms with Gasteiger partial charge in [0, 0.05) is 48.3 Å². The highest BCUT2D eigenvalue weighted by Crippen LogP contribution is 2.25. The van der Waals surface area contributed by atoms with Crippen LogP contribution in [0.1, 0.15) is 26.7 Å². The van der Waals surface area contributed by atoms with E-state index in [0.717, 1.165) is 24.3 Å². The number of esters is 4. The molecule has 0 aromatic heterocycles. The van der Waals surface area contributed by atoms with E-state index in [1.165, 1.54) is 0 Å². The van der Waals surface area contributed by atoms with Crippen LogP contribution in [0.5, 0.6) is 0 Å². The quantitative estimate of drug-likeness (QED) is 0.130. The van der Waals surface area contributed by atoms with Crippen molar-refractivity contribution < 1.29 is 42.9 Å². The van der Waals surface area contributed by atoms with Crippen molar-refractivity contribution in [2.75, 3.05) is 39.6 Å². The molecule has 0 aromatic carbocycles. The van der Waals surface area contributed by atoms with E-state index in [0.29, 0.717) is 12.8 Å². The van der Waals surface area contributed by atoms with E-state index in [9.17, 15) is 19.2 Å². The van der Waals surface area contributed by atoms with Gasteiger partial charge in [-0.05, 0) is 12.8 Å². The van der Waals surface area contributed by atoms with Crippen LogP contribution in [0.15, 0.2) is 50.6 Å². The van der Waals surface area contributed by atoms with Crippen LogP contribution in [-0.4, -0.2) is 63.5 Å². The molecule has 0 amide bonds. The monoisotopic (exact) mass is 466 g/mol. The van der Waals surface area contributed by atoms with Crippen LogP contribution < -0.4 is 0 Å². The summed E-state index contributed by atoms with van der Waals surface area (Å²) in [4.78, 5) is 45.7. The molecule has 0 aliphatic carbocycles. The van der Waals surface area contributed by atoms with Crippen molar-refractivity contribution in [3.05, 3.63) is 50.6 Å². The van der Waals surface area contributed by atoms with Gasteiger partial charge in [0.2, 0.25) is 0 Å². The lowest BCUT2D eigenvalue weighted by Crippen LogP contribution is -2.34. The van der Waals surface area contributed by atoms with Crippen LogP contribution in [0.3, 0.4) is 0 Å². The summed E-state index contributed by atoms with van der Waals surface area (Å²) in [5.41, 5.74) is -1.39. The van der Waals surface area contributed by atoms with Gasteiger partial charge < -0.3 is 23.7 Å². The lowest BCUT2D eigenvalue weighted by atomic mass is 9.88. The molecule has 0 saturated carbocycles. The van der Waals surface area contributed by atoms with Gasteiger partial charge in [-0.15, -0.1) is 0 Å². The molecule has 0 aliphatic heterocycles. The van der Waals surface area contributed by atoms with Crippen molar-refractivity contribution in [1.29, 1.82) is 0 Å². The topological polar surface area (TPSA) is 114 Å². The Labute approximate surface area is 195 Å². The van der Waals surface area contributed by atoms with Crippen LogP contribution in [0.4, 0.5) is 0 Å². The van der Waals surface area contributed by atoms with Crippen molar-refractivity contribution in [3.63, 3.8) is 0 Å². The molecule has 9 heteroatoms. The van der Waals surface area contributed by atoms with E-state index in [4.69, 9.17) is 23.7 Å². The van der Waals surface area contributed by atoms with Gasteiger partial charge in [-0.1, -0.05) is 40.2 Å². The van der Waals surface area contributed by atoms with Crippen LogP contribution in [0.2, 0.25) is 0 Å². The smallest absolute Gasteiger partial charge is 0.330 e. The molecule has 0 fully saturated rings. The molecule has 33 heavy (non-hydrogen) atoms. The molecule has 0 aliphatic rings. The summed E-state index contributed by atoms with van der Waals surface area (Å²) in [6, 6.07) is 0. The highest BCUT2D eigenvalue weighted by Gasteiger charge is 2.30. The molecule has 0 spiro atoms. The highest BCUT2D eigenvalue weighted by molar-refractivity contribution is 5.82. The number of ether oxygens (including phenoxy) is 5. The lowest BCUT2D eigenvalue weighted by Gasteiger charge is -2.29. The SMILES string of the molecule is C=CC(=O)OCC(C)(CCOCCC(C)(COC(=O)C=C)COC(=O)C=C)COC(=O)C=C. The van der Waals surface area contributed by atoms with Gasteiger partial charge in [0.1, 0.15) is 26.4 Å². The Balaban J connectivity index is 4.84. The minimum atomic E-state index is -0.695. The zero-order chi connectivity index (χ0) is 25.3. The summed E-state index contributed by atoms with van der Waals surface area (Å²) < 4.78 is 26.2. The normalized spacial score (nSPS) is 11.0. The Morgan fingerprint density at radius 1 is 0.576 bits per heavy atom. The fraction of sp³-hybridized carbons (Fsp3) is 0.500. The summed E-state index contributed by atoms with van der Waals surface area (Å²) in [5, 5.41) is 0. The fourth-order valence-electron chi connectivity index (χ4n) is 2.33. The predicted octanol–water partition coefficient (Wildman–Crippen LogP) is 2.71. The highest BCUT2D eigenvalue weighted by atomic mass is 16.6. The van der Waals surface area contributed by atoms with Crippen LogP contribution in [-0.2, 0) is 42.9 Å². The molecule has 0 radical (unpaired) electrons. The minimum Gasteiger partial charge on any atom is -0.462 e. The fourth-order valence-corrected chi connectivity index (χ4v) is 2.33. The molecule has 0 aromatic rings. The van der Waals surface area contributed by atoms with E-state index >= 15 is 0 Å². The maximum atomic E-state index is 11.4. The number of hydrogen-bond donors (Lipinski definition) is 0. The second-order valence-electron chi connectivity index (χ2n) is 7.98. The molecular formula is C24H34O9. The number of hydrogen-bond acceptors (Lipinski definition) is 9. The zero-order valence-electron chi connectivity index (χ0n) is 19.5. The molecule has 184 valence electrons. The van der Waals surface area contributed by atoms with Gasteiger partial charge in [-0.3, -0.25) is 0 Å². The third-order valence-electron chi connectivity index (χ3n) is 4.62. The summed E-state index contributed by atoms with van der Waals surface area (Å²) >= 11 is 0. The molecule has 0 unspecified atom stereocenters. The maximum Gasteiger partial charge on any atom is 0.330 e. The van der Waals surface area contributed by atoms with Crippen molar-refractivity contribution in [2.24, 2.45) is 10.8 Å². The predicted molar refractivity (Wildman–Crippen MR) is 121 cm³/mol. The Morgan fingerprint density at radius 3 is 1.03 bits per heavy atom. The first-order valence-corrected chi connectivity index (χ1v) is 10.3. The number of carbonyl (C=O) groups excluding carboxylic acids is 4. The zero-order valence-corrected chi connectivity index (χ0v) is 19.5. The minimum absolute atomic E-state index is 0.00163. The molecule has 0 heterocycles. The van der Waals surface area contributed by atoms with E-state index in [1.807, 2.05) is 0 Å². The summed E-state index contributed by atoms with van der Waals surface area (Å²) in [6.45, 7) is 17.5. The summed E-state index contributed by atoms with van der Waals surface area (Å²) in [7, 11) is 0. The second kappa shape index (κ2) is 15.6. The summed E-state index contributed by atoms with van der Waals surface area (Å²) in [6.07, 6.45) is 5.01. The van der Waals surface area contributed by atoms with Gasteiger partial charge in [0.05, 0.1) is 0 Å². The second-order valence-corrected chi connectivity index (χ2v) is 7.98. The van der Waals surface area contributed by atoms with Gasteiger partial charge in [-0.2, -0.15) is 0 Å². The largest absolute Gasteiger partial charge is 0.462 e. The van der Waals surface area contributed by atoms with E-state index in [1.54, 1.807) is 13.8 Å². The van der Waals surface area contributed by atoms with Gasteiger partial charge >= 0.3 is 23.9 Å². The maximum absolute atomic E-state index is 11.4. The standard InChI is InChI=1S/C24H34O9/c1-7-19(25)30-15-23(5,16-31-20(26)8-2)11-13-29-14-12-24(6,17-32-21(27)9-3)18-33-22(28)10-4/h7-10H,1-4,11-18H2,5-6H3. The average molecular weight is 467 g/mol. The van der Waals surface area contributed by atoms with Crippen molar-refractivity contribution in [2.45, 2.75) is 26.7 Å².